The van der Waals surface area contributed by atoms with Crippen molar-refractivity contribution in [1.29, 1.82) is 0 Å². The number of amides is 1. The fourth-order valence-corrected chi connectivity index (χ4v) is 2.54. The topological polar surface area (TPSA) is 49.3 Å². The zero-order valence-corrected chi connectivity index (χ0v) is 10.4. The Morgan fingerprint density at radius 3 is 2.56 bits per heavy atom. The van der Waals surface area contributed by atoms with Crippen molar-refractivity contribution >= 4 is 5.91 Å². The van der Waals surface area contributed by atoms with E-state index in [0.29, 0.717) is 12.5 Å². The first-order chi connectivity index (χ1) is 8.72. The Balaban J connectivity index is 1.61. The number of aliphatic hydroxyl groups is 1. The second kappa shape index (κ2) is 4.39. The van der Waals surface area contributed by atoms with Crippen molar-refractivity contribution in [1.82, 2.24) is 5.32 Å². The van der Waals surface area contributed by atoms with Crippen LogP contribution in [-0.2, 0) is 10.2 Å². The van der Waals surface area contributed by atoms with Gasteiger partial charge in [0.2, 0.25) is 5.91 Å². The number of nitrogens with one attached hydrogen (secondary N) is 1. The van der Waals surface area contributed by atoms with Gasteiger partial charge < -0.3 is 10.4 Å². The Morgan fingerprint density at radius 1 is 1.33 bits per heavy atom. The first kappa shape index (κ1) is 11.7. The summed E-state index contributed by atoms with van der Waals surface area (Å²) in [7, 11) is 0. The predicted octanol–water partition coefficient (Wildman–Crippen LogP) is 1.61. The van der Waals surface area contributed by atoms with Crippen LogP contribution in [0.1, 0.15) is 31.2 Å². The summed E-state index contributed by atoms with van der Waals surface area (Å²) in [6, 6.07) is 9.95. The van der Waals surface area contributed by atoms with Gasteiger partial charge in [0.05, 0.1) is 11.5 Å². The highest BCUT2D eigenvalue weighted by Crippen LogP contribution is 2.48. The molecule has 0 aliphatic heterocycles. The summed E-state index contributed by atoms with van der Waals surface area (Å²) < 4.78 is 0. The minimum Gasteiger partial charge on any atom is -0.391 e. The highest BCUT2D eigenvalue weighted by Gasteiger charge is 2.51. The Bertz CT molecular complexity index is 435. The van der Waals surface area contributed by atoms with Gasteiger partial charge in [-0.15, -0.1) is 0 Å². The van der Waals surface area contributed by atoms with Crippen molar-refractivity contribution < 1.29 is 9.90 Å². The molecule has 0 spiro atoms. The van der Waals surface area contributed by atoms with Crippen LogP contribution in [-0.4, -0.2) is 23.7 Å². The largest absolute Gasteiger partial charge is 0.391 e. The summed E-state index contributed by atoms with van der Waals surface area (Å²) in [4.78, 5) is 12.3. The smallest absolute Gasteiger partial charge is 0.230 e. The van der Waals surface area contributed by atoms with Crippen molar-refractivity contribution in [3.05, 3.63) is 35.9 Å². The van der Waals surface area contributed by atoms with Crippen molar-refractivity contribution in [2.75, 3.05) is 6.54 Å². The van der Waals surface area contributed by atoms with Crippen LogP contribution in [0.3, 0.4) is 0 Å². The molecule has 3 nitrogen and oxygen atoms in total. The van der Waals surface area contributed by atoms with Gasteiger partial charge in [0, 0.05) is 6.54 Å². The molecule has 3 heteroatoms. The molecule has 1 atom stereocenters. The van der Waals surface area contributed by atoms with E-state index in [1.165, 1.54) is 0 Å². The molecule has 0 saturated heterocycles. The maximum Gasteiger partial charge on any atom is 0.230 e. The second-order valence-electron chi connectivity index (χ2n) is 5.56. The van der Waals surface area contributed by atoms with Crippen LogP contribution in [0.2, 0.25) is 0 Å². The van der Waals surface area contributed by atoms with Crippen molar-refractivity contribution in [2.45, 2.75) is 37.2 Å². The van der Waals surface area contributed by atoms with Crippen LogP contribution in [0, 0.1) is 5.92 Å². The molecule has 1 aromatic carbocycles. The number of aliphatic hydroxyl groups excluding tert-OH is 1. The Kier molecular flexibility index (Phi) is 2.86. The first-order valence-electron chi connectivity index (χ1n) is 6.74. The molecule has 3 rings (SSSR count). The van der Waals surface area contributed by atoms with Gasteiger partial charge in [-0.05, 0) is 37.2 Å². The van der Waals surface area contributed by atoms with Crippen molar-refractivity contribution in [2.24, 2.45) is 5.92 Å². The first-order valence-corrected chi connectivity index (χ1v) is 6.74. The standard InChI is InChI=1S/C15H19NO2/c17-13(11-6-7-11)10-16-14(18)15(8-9-15)12-4-2-1-3-5-12/h1-5,11,13,17H,6-10H2,(H,16,18). The molecule has 18 heavy (non-hydrogen) atoms. The molecule has 0 bridgehead atoms. The summed E-state index contributed by atoms with van der Waals surface area (Å²) in [6.07, 6.45) is 3.67. The van der Waals surface area contributed by atoms with E-state index in [0.717, 1.165) is 31.2 Å². The van der Waals surface area contributed by atoms with Crippen LogP contribution < -0.4 is 5.32 Å². The quantitative estimate of drug-likeness (QED) is 0.828. The number of carbonyl (C=O) groups excluding carboxylic acids is 1. The Hall–Kier alpha value is -1.35. The van der Waals surface area contributed by atoms with Gasteiger partial charge in [-0.2, -0.15) is 0 Å². The number of carbonyl (C=O) groups is 1. The molecule has 2 aliphatic rings. The lowest BCUT2D eigenvalue weighted by Crippen LogP contribution is -2.39. The van der Waals surface area contributed by atoms with Gasteiger partial charge in [0.25, 0.3) is 0 Å². The van der Waals surface area contributed by atoms with Crippen LogP contribution in [0.15, 0.2) is 30.3 Å². The summed E-state index contributed by atoms with van der Waals surface area (Å²) in [5.41, 5.74) is 0.785. The summed E-state index contributed by atoms with van der Waals surface area (Å²) in [6.45, 7) is 0.401. The normalized spacial score (nSPS) is 22.3. The average Bonchev–Trinajstić information content (AvgIpc) is 3.30. The van der Waals surface area contributed by atoms with Crippen LogP contribution in [0.25, 0.3) is 0 Å². The summed E-state index contributed by atoms with van der Waals surface area (Å²) in [5, 5.41) is 12.7. The van der Waals surface area contributed by atoms with E-state index >= 15 is 0 Å². The van der Waals surface area contributed by atoms with E-state index < -0.39 is 0 Å². The minimum atomic E-state index is -0.361. The average molecular weight is 245 g/mol. The maximum absolute atomic E-state index is 12.3. The molecule has 1 unspecified atom stereocenters. The van der Waals surface area contributed by atoms with E-state index in [2.05, 4.69) is 5.32 Å². The maximum atomic E-state index is 12.3. The van der Waals surface area contributed by atoms with Crippen molar-refractivity contribution in [3.63, 3.8) is 0 Å². The molecule has 2 fully saturated rings. The second-order valence-corrected chi connectivity index (χ2v) is 5.56. The molecule has 0 aromatic heterocycles. The van der Waals surface area contributed by atoms with Gasteiger partial charge in [-0.25, -0.2) is 0 Å². The lowest BCUT2D eigenvalue weighted by molar-refractivity contribution is -0.124. The third kappa shape index (κ3) is 2.15. The third-order valence-corrected chi connectivity index (χ3v) is 4.15. The van der Waals surface area contributed by atoms with E-state index in [9.17, 15) is 9.90 Å². The molecule has 0 radical (unpaired) electrons. The molecule has 2 N–H and O–H groups in total. The highest BCUT2D eigenvalue weighted by atomic mass is 16.3. The van der Waals surface area contributed by atoms with Crippen LogP contribution in [0.5, 0.6) is 0 Å². The van der Waals surface area contributed by atoms with E-state index in [4.69, 9.17) is 0 Å². The fourth-order valence-electron chi connectivity index (χ4n) is 2.54. The monoisotopic (exact) mass is 245 g/mol. The lowest BCUT2D eigenvalue weighted by Gasteiger charge is -2.17. The van der Waals surface area contributed by atoms with Crippen LogP contribution in [0.4, 0.5) is 0 Å². The molecule has 1 aromatic rings. The van der Waals surface area contributed by atoms with Gasteiger partial charge in [-0.3, -0.25) is 4.79 Å². The zero-order chi connectivity index (χ0) is 12.6. The number of rotatable bonds is 5. The molecule has 0 heterocycles. The van der Waals surface area contributed by atoms with Crippen LogP contribution >= 0.6 is 0 Å². The van der Waals surface area contributed by atoms with E-state index in [1.54, 1.807) is 0 Å². The fraction of sp³-hybridized carbons (Fsp3) is 0.533. The SMILES string of the molecule is O=C(NCC(O)C1CC1)C1(c2ccccc2)CC1. The minimum absolute atomic E-state index is 0.0772. The molecule has 2 aliphatic carbocycles. The molecule has 2 saturated carbocycles. The van der Waals surface area contributed by atoms with Gasteiger partial charge >= 0.3 is 0 Å². The van der Waals surface area contributed by atoms with Gasteiger partial charge in [0.15, 0.2) is 0 Å². The number of hydrogen-bond donors (Lipinski definition) is 2. The number of hydrogen-bond acceptors (Lipinski definition) is 2. The lowest BCUT2D eigenvalue weighted by atomic mass is 9.95. The number of benzene rings is 1. The predicted molar refractivity (Wildman–Crippen MR) is 69.1 cm³/mol. The highest BCUT2D eigenvalue weighted by molar-refractivity contribution is 5.91. The van der Waals surface area contributed by atoms with E-state index in [-0.39, 0.29) is 17.4 Å². The van der Waals surface area contributed by atoms with E-state index in [1.807, 2.05) is 30.3 Å². The Morgan fingerprint density at radius 2 is 2.00 bits per heavy atom. The summed E-state index contributed by atoms with van der Waals surface area (Å²) in [5.74, 6) is 0.491. The van der Waals surface area contributed by atoms with Gasteiger partial charge in [0.1, 0.15) is 0 Å². The van der Waals surface area contributed by atoms with Gasteiger partial charge in [-0.1, -0.05) is 30.3 Å². The third-order valence-electron chi connectivity index (χ3n) is 4.15. The molecular formula is C15H19NO2. The molecule has 1 amide bonds. The molecule has 96 valence electrons. The van der Waals surface area contributed by atoms with Crippen molar-refractivity contribution in [3.8, 4) is 0 Å². The Labute approximate surface area is 107 Å². The molecular weight excluding hydrogens is 226 g/mol. The zero-order valence-electron chi connectivity index (χ0n) is 10.4. The summed E-state index contributed by atoms with van der Waals surface area (Å²) >= 11 is 0.